The molecule has 1 atom stereocenters. The number of carbonyl (C=O) groups excluding carboxylic acids is 1. The van der Waals surface area contributed by atoms with Crippen LogP contribution in [0.5, 0.6) is 5.75 Å². The number of imidazole rings is 1. The molecular weight excluding hydrogens is 458 g/mol. The fraction of sp³-hybridized carbons (Fsp3) is 0.304. The molecule has 1 aliphatic heterocycles. The van der Waals surface area contributed by atoms with Crippen molar-refractivity contribution < 1.29 is 22.9 Å². The van der Waals surface area contributed by atoms with Gasteiger partial charge in [0.05, 0.1) is 11.4 Å². The second kappa shape index (κ2) is 10.2. The molecule has 4 rings (SSSR count). The van der Waals surface area contributed by atoms with Gasteiger partial charge in [0.25, 0.3) is 0 Å². The van der Waals surface area contributed by atoms with Gasteiger partial charge in [-0.3, -0.25) is 9.12 Å². The SMILES string of the molecule is CN(OS(=O)O)c1cccc(-c2cn(C(=O)N(C)C3CCN(c4ccc(O)cc4)CC3)cn2)c1. The zero-order valence-corrected chi connectivity index (χ0v) is 19.8. The first-order chi connectivity index (χ1) is 16.3. The number of piperidine rings is 1. The molecule has 0 aliphatic carbocycles. The molecule has 3 aromatic rings. The van der Waals surface area contributed by atoms with E-state index in [9.17, 15) is 14.1 Å². The Bertz CT molecular complexity index is 1160. The molecule has 0 bridgehead atoms. The van der Waals surface area contributed by atoms with Crippen LogP contribution in [0.25, 0.3) is 11.3 Å². The molecule has 1 amide bonds. The number of hydrogen-bond acceptors (Lipinski definition) is 7. The van der Waals surface area contributed by atoms with Gasteiger partial charge in [-0.25, -0.2) is 14.8 Å². The van der Waals surface area contributed by atoms with E-state index in [0.717, 1.165) is 37.2 Å². The Morgan fingerprint density at radius 1 is 1.15 bits per heavy atom. The highest BCUT2D eigenvalue weighted by molar-refractivity contribution is 7.74. The molecule has 180 valence electrons. The third-order valence-corrected chi connectivity index (χ3v) is 6.36. The Hall–Kier alpha value is -3.41. The van der Waals surface area contributed by atoms with Crippen molar-refractivity contribution in [3.8, 4) is 17.0 Å². The Balaban J connectivity index is 1.39. The summed E-state index contributed by atoms with van der Waals surface area (Å²) in [5.41, 5.74) is 2.98. The van der Waals surface area contributed by atoms with Crippen molar-refractivity contribution in [1.82, 2.24) is 14.5 Å². The lowest BCUT2D eigenvalue weighted by molar-refractivity contribution is 0.181. The van der Waals surface area contributed by atoms with Crippen molar-refractivity contribution in [2.24, 2.45) is 0 Å². The molecule has 11 heteroatoms. The predicted octanol–water partition coefficient (Wildman–Crippen LogP) is 3.33. The Labute approximate surface area is 200 Å². The average Bonchev–Trinajstić information content (AvgIpc) is 3.34. The number of rotatable bonds is 6. The van der Waals surface area contributed by atoms with E-state index in [2.05, 4.69) is 9.88 Å². The third-order valence-electron chi connectivity index (χ3n) is 6.01. The van der Waals surface area contributed by atoms with Gasteiger partial charge in [0.2, 0.25) is 0 Å². The number of aromatic hydroxyl groups is 1. The molecule has 0 saturated carbocycles. The van der Waals surface area contributed by atoms with E-state index in [1.807, 2.05) is 25.2 Å². The van der Waals surface area contributed by atoms with E-state index in [0.29, 0.717) is 11.4 Å². The molecule has 2 aromatic carbocycles. The number of amides is 1. The number of nitrogens with zero attached hydrogens (tertiary/aromatic N) is 5. The molecule has 1 aromatic heterocycles. The van der Waals surface area contributed by atoms with Gasteiger partial charge < -0.3 is 14.9 Å². The average molecular weight is 486 g/mol. The first-order valence-corrected chi connectivity index (χ1v) is 11.8. The van der Waals surface area contributed by atoms with Gasteiger partial charge in [-0.2, -0.15) is 4.21 Å². The lowest BCUT2D eigenvalue weighted by Gasteiger charge is -2.37. The molecular formula is C23H27N5O5S. The Morgan fingerprint density at radius 3 is 2.53 bits per heavy atom. The molecule has 1 fully saturated rings. The maximum atomic E-state index is 13.1. The van der Waals surface area contributed by atoms with E-state index in [4.69, 9.17) is 8.84 Å². The maximum absolute atomic E-state index is 13.1. The number of benzene rings is 2. The van der Waals surface area contributed by atoms with Crippen molar-refractivity contribution >= 4 is 28.8 Å². The fourth-order valence-corrected chi connectivity index (χ4v) is 4.37. The van der Waals surface area contributed by atoms with E-state index >= 15 is 0 Å². The molecule has 10 nitrogen and oxygen atoms in total. The van der Waals surface area contributed by atoms with Crippen LogP contribution in [0.1, 0.15) is 12.8 Å². The molecule has 1 unspecified atom stereocenters. The summed E-state index contributed by atoms with van der Waals surface area (Å²) in [6.45, 7) is 1.65. The summed E-state index contributed by atoms with van der Waals surface area (Å²) in [7, 11) is 3.34. The van der Waals surface area contributed by atoms with Gasteiger partial charge in [0.15, 0.2) is 0 Å². The summed E-state index contributed by atoms with van der Waals surface area (Å²) >= 11 is -2.43. The van der Waals surface area contributed by atoms with Crippen LogP contribution in [0, 0.1) is 0 Å². The topological polar surface area (TPSA) is 111 Å². The summed E-state index contributed by atoms with van der Waals surface area (Å²) in [5, 5.41) is 10.7. The van der Waals surface area contributed by atoms with Crippen LogP contribution in [0.2, 0.25) is 0 Å². The van der Waals surface area contributed by atoms with Crippen molar-refractivity contribution in [2.75, 3.05) is 37.1 Å². The van der Waals surface area contributed by atoms with Crippen LogP contribution in [-0.4, -0.2) is 67.6 Å². The lowest BCUT2D eigenvalue weighted by atomic mass is 10.0. The van der Waals surface area contributed by atoms with Crippen molar-refractivity contribution in [1.29, 1.82) is 0 Å². The van der Waals surface area contributed by atoms with Crippen LogP contribution >= 0.6 is 0 Å². The molecule has 1 saturated heterocycles. The normalized spacial score (nSPS) is 15.2. The maximum Gasteiger partial charge on any atom is 0.329 e. The highest BCUT2D eigenvalue weighted by Crippen LogP contribution is 2.26. The molecule has 0 radical (unpaired) electrons. The van der Waals surface area contributed by atoms with Gasteiger partial charge >= 0.3 is 17.4 Å². The molecule has 34 heavy (non-hydrogen) atoms. The van der Waals surface area contributed by atoms with Gasteiger partial charge in [-0.1, -0.05) is 12.1 Å². The molecule has 1 aliphatic rings. The van der Waals surface area contributed by atoms with E-state index < -0.39 is 11.4 Å². The second-order valence-corrected chi connectivity index (χ2v) is 8.72. The predicted molar refractivity (Wildman–Crippen MR) is 130 cm³/mol. The minimum Gasteiger partial charge on any atom is -0.508 e. The zero-order chi connectivity index (χ0) is 24.2. The van der Waals surface area contributed by atoms with Gasteiger partial charge in [-0.15, -0.1) is 4.28 Å². The summed E-state index contributed by atoms with van der Waals surface area (Å²) in [6, 6.07) is 14.2. The van der Waals surface area contributed by atoms with Crippen molar-refractivity contribution in [2.45, 2.75) is 18.9 Å². The number of anilines is 2. The smallest absolute Gasteiger partial charge is 0.329 e. The van der Waals surface area contributed by atoms with Crippen LogP contribution in [0.3, 0.4) is 0 Å². The van der Waals surface area contributed by atoms with Crippen LogP contribution in [0.4, 0.5) is 16.2 Å². The highest BCUT2D eigenvalue weighted by atomic mass is 32.2. The Kier molecular flexibility index (Phi) is 7.15. The van der Waals surface area contributed by atoms with E-state index in [-0.39, 0.29) is 17.8 Å². The molecule has 2 N–H and O–H groups in total. The summed E-state index contributed by atoms with van der Waals surface area (Å²) in [5.74, 6) is 0.248. The summed E-state index contributed by atoms with van der Waals surface area (Å²) in [4.78, 5) is 21.5. The monoisotopic (exact) mass is 485 g/mol. The number of carbonyl (C=O) groups is 1. The number of aromatic nitrogens is 2. The molecule has 2 heterocycles. The van der Waals surface area contributed by atoms with Gasteiger partial charge in [-0.05, 0) is 49.2 Å². The lowest BCUT2D eigenvalue weighted by Crippen LogP contribution is -2.46. The number of phenolic OH excluding ortho intramolecular Hbond substituents is 1. The quantitative estimate of drug-likeness (QED) is 0.404. The second-order valence-electron chi connectivity index (χ2n) is 8.13. The van der Waals surface area contributed by atoms with Crippen molar-refractivity contribution in [3.63, 3.8) is 0 Å². The standard InChI is InChI=1S/C23H27N5O5S/c1-25(18-10-12-27(13-11-18)19-6-8-21(29)9-7-19)23(30)28-15-22(24-16-28)17-4-3-5-20(14-17)26(2)33-34(31)32/h3-9,14-16,18,29H,10-13H2,1-2H3,(H,31,32). The van der Waals surface area contributed by atoms with Crippen LogP contribution < -0.4 is 9.96 Å². The van der Waals surface area contributed by atoms with Gasteiger partial charge in [0, 0.05) is 50.7 Å². The number of hydroxylamine groups is 1. The zero-order valence-electron chi connectivity index (χ0n) is 18.9. The van der Waals surface area contributed by atoms with E-state index in [1.54, 1.807) is 41.4 Å². The Morgan fingerprint density at radius 2 is 1.85 bits per heavy atom. The highest BCUT2D eigenvalue weighted by Gasteiger charge is 2.26. The van der Waals surface area contributed by atoms with E-state index in [1.165, 1.54) is 23.0 Å². The number of hydrogen-bond donors (Lipinski definition) is 2. The van der Waals surface area contributed by atoms with Crippen molar-refractivity contribution in [3.05, 3.63) is 61.1 Å². The van der Waals surface area contributed by atoms with Crippen LogP contribution in [-0.2, 0) is 15.6 Å². The molecule has 0 spiro atoms. The largest absolute Gasteiger partial charge is 0.508 e. The summed E-state index contributed by atoms with van der Waals surface area (Å²) in [6.07, 6.45) is 4.85. The minimum absolute atomic E-state index is 0.111. The number of phenols is 1. The first kappa shape index (κ1) is 23.7. The fourth-order valence-electron chi connectivity index (χ4n) is 4.09. The van der Waals surface area contributed by atoms with Gasteiger partial charge in [0.1, 0.15) is 12.1 Å². The summed E-state index contributed by atoms with van der Waals surface area (Å²) < 4.78 is 26.0. The van der Waals surface area contributed by atoms with Crippen LogP contribution in [0.15, 0.2) is 61.1 Å². The first-order valence-electron chi connectivity index (χ1n) is 10.8. The third kappa shape index (κ3) is 5.38. The minimum atomic E-state index is -2.43.